The largest absolute Gasteiger partial charge is 0.361 e. The standard InChI is InChI=1S/C39H29N5S/c1-41-22-23-42(26-41)27-10-8-11-28(24-27)43(35-16-9-14-33-32-13-3-5-17-37(32)45-39(33)35)29-19-20-31-30-12-2-4-15-34(30)44(36(31)25-29)38-18-6-7-21-40-38/h2-25H,26H2,1H3. The van der Waals surface area contributed by atoms with E-state index in [1.54, 1.807) is 0 Å². The lowest BCUT2D eigenvalue weighted by molar-refractivity contribution is 0.496. The second-order valence-electron chi connectivity index (χ2n) is 11.5. The number of hydrogen-bond donors (Lipinski definition) is 0. The molecule has 0 unspecified atom stereocenters. The van der Waals surface area contributed by atoms with Crippen molar-refractivity contribution in [2.75, 3.05) is 23.5 Å². The fourth-order valence-corrected chi connectivity index (χ4v) is 7.88. The Morgan fingerprint density at radius 2 is 1.42 bits per heavy atom. The summed E-state index contributed by atoms with van der Waals surface area (Å²) in [6.45, 7) is 0.825. The molecule has 8 aromatic rings. The second kappa shape index (κ2) is 10.3. The number of thiophene rings is 1. The summed E-state index contributed by atoms with van der Waals surface area (Å²) in [4.78, 5) is 11.7. The molecule has 45 heavy (non-hydrogen) atoms. The maximum absolute atomic E-state index is 4.77. The van der Waals surface area contributed by atoms with Crippen molar-refractivity contribution in [1.29, 1.82) is 0 Å². The van der Waals surface area contributed by atoms with Gasteiger partial charge in [-0.15, -0.1) is 11.3 Å². The number of anilines is 4. The molecule has 0 radical (unpaired) electrons. The predicted octanol–water partition coefficient (Wildman–Crippen LogP) is 10.2. The molecule has 0 spiro atoms. The van der Waals surface area contributed by atoms with Crippen LogP contribution < -0.4 is 9.80 Å². The quantitative estimate of drug-likeness (QED) is 0.197. The Bertz CT molecular complexity index is 2400. The van der Waals surface area contributed by atoms with Gasteiger partial charge in [-0.1, -0.05) is 66.7 Å². The van der Waals surface area contributed by atoms with Crippen LogP contribution in [-0.4, -0.2) is 28.2 Å². The third kappa shape index (κ3) is 4.18. The summed E-state index contributed by atoms with van der Waals surface area (Å²) in [6, 6.07) is 45.9. The number of aromatic nitrogens is 2. The Morgan fingerprint density at radius 1 is 0.644 bits per heavy atom. The van der Waals surface area contributed by atoms with Crippen LogP contribution in [0.3, 0.4) is 0 Å². The van der Waals surface area contributed by atoms with Crippen LogP contribution in [-0.2, 0) is 0 Å². The van der Waals surface area contributed by atoms with E-state index in [1.807, 2.05) is 23.6 Å². The summed E-state index contributed by atoms with van der Waals surface area (Å²) in [5.41, 5.74) is 6.80. The van der Waals surface area contributed by atoms with Crippen LogP contribution in [0.2, 0.25) is 0 Å². The van der Waals surface area contributed by atoms with E-state index in [4.69, 9.17) is 4.98 Å². The lowest BCUT2D eigenvalue weighted by Gasteiger charge is -2.28. The van der Waals surface area contributed by atoms with Crippen LogP contribution in [0.15, 0.2) is 146 Å². The molecule has 5 aromatic carbocycles. The highest BCUT2D eigenvalue weighted by atomic mass is 32.1. The molecule has 5 nitrogen and oxygen atoms in total. The minimum absolute atomic E-state index is 0.825. The molecule has 0 N–H and O–H groups in total. The molecule has 6 heteroatoms. The number of para-hydroxylation sites is 1. The van der Waals surface area contributed by atoms with E-state index in [2.05, 4.69) is 160 Å². The van der Waals surface area contributed by atoms with Gasteiger partial charge in [-0.25, -0.2) is 4.98 Å². The van der Waals surface area contributed by atoms with Crippen LogP contribution in [0.25, 0.3) is 47.8 Å². The molecule has 0 atom stereocenters. The summed E-state index contributed by atoms with van der Waals surface area (Å²) in [5.74, 6) is 0.908. The van der Waals surface area contributed by atoms with Crippen LogP contribution in [0.4, 0.5) is 22.7 Å². The number of pyridine rings is 1. The average molecular weight is 600 g/mol. The zero-order valence-corrected chi connectivity index (χ0v) is 25.5. The first-order valence-electron chi connectivity index (χ1n) is 15.1. The van der Waals surface area contributed by atoms with E-state index in [0.29, 0.717) is 0 Å². The summed E-state index contributed by atoms with van der Waals surface area (Å²) in [5, 5.41) is 5.00. The first-order chi connectivity index (χ1) is 22.2. The molecule has 0 aliphatic carbocycles. The lowest BCUT2D eigenvalue weighted by Crippen LogP contribution is -2.21. The fourth-order valence-electron chi connectivity index (χ4n) is 6.67. The minimum atomic E-state index is 0.825. The number of fused-ring (bicyclic) bond motifs is 6. The van der Waals surface area contributed by atoms with E-state index >= 15 is 0 Å². The van der Waals surface area contributed by atoms with Crippen molar-refractivity contribution in [1.82, 2.24) is 14.5 Å². The maximum Gasteiger partial charge on any atom is 0.137 e. The Labute approximate surface area is 265 Å². The van der Waals surface area contributed by atoms with E-state index in [1.165, 1.54) is 36.6 Å². The summed E-state index contributed by atoms with van der Waals surface area (Å²) in [6.07, 6.45) is 6.13. The SMILES string of the molecule is CN1C=CN(c2cccc(N(c3ccc4c5ccccc5n(-c5ccccn5)c4c3)c3cccc4c3sc3ccccc34)c2)C1. The normalized spacial score (nSPS) is 13.2. The fraction of sp³-hybridized carbons (Fsp3) is 0.0513. The Morgan fingerprint density at radius 3 is 2.29 bits per heavy atom. The second-order valence-corrected chi connectivity index (χ2v) is 12.6. The highest BCUT2D eigenvalue weighted by Crippen LogP contribution is 2.46. The predicted molar refractivity (Wildman–Crippen MR) is 190 cm³/mol. The third-order valence-corrected chi connectivity index (χ3v) is 9.92. The van der Waals surface area contributed by atoms with Crippen LogP contribution >= 0.6 is 11.3 Å². The van der Waals surface area contributed by atoms with Crippen molar-refractivity contribution in [2.24, 2.45) is 0 Å². The molecule has 0 bridgehead atoms. The summed E-state index contributed by atoms with van der Waals surface area (Å²) < 4.78 is 4.85. The average Bonchev–Trinajstić information content (AvgIpc) is 3.79. The van der Waals surface area contributed by atoms with Gasteiger partial charge in [0.2, 0.25) is 0 Å². The molecule has 1 aliphatic rings. The van der Waals surface area contributed by atoms with Crippen LogP contribution in [0.1, 0.15) is 0 Å². The van der Waals surface area contributed by atoms with Gasteiger partial charge in [0.1, 0.15) is 5.82 Å². The molecule has 216 valence electrons. The first-order valence-corrected chi connectivity index (χ1v) is 15.9. The molecule has 0 saturated heterocycles. The number of nitrogens with zero attached hydrogens (tertiary/aromatic N) is 5. The molecule has 3 aromatic heterocycles. The topological polar surface area (TPSA) is 27.5 Å². The summed E-state index contributed by atoms with van der Waals surface area (Å²) >= 11 is 1.86. The van der Waals surface area contributed by atoms with Crippen LogP contribution in [0.5, 0.6) is 0 Å². The van der Waals surface area contributed by atoms with Gasteiger partial charge in [0.05, 0.1) is 28.1 Å². The molecule has 9 rings (SSSR count). The molecular weight excluding hydrogens is 571 g/mol. The number of hydrogen-bond acceptors (Lipinski definition) is 5. The van der Waals surface area contributed by atoms with Gasteiger partial charge < -0.3 is 14.7 Å². The van der Waals surface area contributed by atoms with Gasteiger partial charge in [0.15, 0.2) is 0 Å². The number of rotatable bonds is 5. The zero-order valence-electron chi connectivity index (χ0n) is 24.7. The van der Waals surface area contributed by atoms with Gasteiger partial charge in [-0.05, 0) is 60.7 Å². The molecular formula is C39H29N5S. The molecule has 1 aliphatic heterocycles. The van der Waals surface area contributed by atoms with Crippen molar-refractivity contribution >= 4 is 76.1 Å². The summed E-state index contributed by atoms with van der Waals surface area (Å²) in [7, 11) is 2.10. The van der Waals surface area contributed by atoms with E-state index in [0.717, 1.165) is 40.6 Å². The van der Waals surface area contributed by atoms with Gasteiger partial charge >= 0.3 is 0 Å². The van der Waals surface area contributed by atoms with Crippen molar-refractivity contribution in [3.8, 4) is 5.82 Å². The minimum Gasteiger partial charge on any atom is -0.361 e. The van der Waals surface area contributed by atoms with Gasteiger partial charge in [0.25, 0.3) is 0 Å². The third-order valence-electron chi connectivity index (χ3n) is 8.71. The Hall–Kier alpha value is -5.59. The zero-order chi connectivity index (χ0) is 29.9. The maximum atomic E-state index is 4.77. The smallest absolute Gasteiger partial charge is 0.137 e. The van der Waals surface area contributed by atoms with Crippen LogP contribution in [0, 0.1) is 0 Å². The monoisotopic (exact) mass is 599 g/mol. The number of benzene rings is 5. The van der Waals surface area contributed by atoms with Crippen molar-refractivity contribution < 1.29 is 0 Å². The van der Waals surface area contributed by atoms with Gasteiger partial charge in [0, 0.05) is 69.0 Å². The van der Waals surface area contributed by atoms with E-state index < -0.39 is 0 Å². The van der Waals surface area contributed by atoms with Crippen molar-refractivity contribution in [3.05, 3.63) is 146 Å². The van der Waals surface area contributed by atoms with Crippen molar-refractivity contribution in [3.63, 3.8) is 0 Å². The van der Waals surface area contributed by atoms with Crippen molar-refractivity contribution in [2.45, 2.75) is 0 Å². The van der Waals surface area contributed by atoms with E-state index in [9.17, 15) is 0 Å². The Kier molecular flexibility index (Phi) is 5.89. The highest BCUT2D eigenvalue weighted by molar-refractivity contribution is 7.26. The highest BCUT2D eigenvalue weighted by Gasteiger charge is 2.21. The van der Waals surface area contributed by atoms with Gasteiger partial charge in [-0.3, -0.25) is 4.57 Å². The lowest BCUT2D eigenvalue weighted by atomic mass is 10.1. The molecule has 0 fully saturated rings. The van der Waals surface area contributed by atoms with Gasteiger partial charge in [-0.2, -0.15) is 0 Å². The van der Waals surface area contributed by atoms with E-state index in [-0.39, 0.29) is 0 Å². The Balaban J connectivity index is 1.32. The molecule has 0 saturated carbocycles. The molecule has 0 amide bonds. The molecule has 4 heterocycles. The first kappa shape index (κ1) is 25.9.